The van der Waals surface area contributed by atoms with Crippen LogP contribution in [0.15, 0.2) is 28.8 Å². The molecule has 0 N–H and O–H groups in total. The lowest BCUT2D eigenvalue weighted by atomic mass is 10.1. The van der Waals surface area contributed by atoms with Gasteiger partial charge in [0, 0.05) is 30.8 Å². The first-order valence-corrected chi connectivity index (χ1v) is 7.99. The molecular formula is C16H20N4O4. The molecule has 1 aromatic heterocycles. The minimum absolute atomic E-state index is 0.00501. The number of non-ortho nitro benzene ring substituents is 1. The third-order valence-electron chi connectivity index (χ3n) is 3.98. The fourth-order valence-corrected chi connectivity index (χ4v) is 2.79. The van der Waals surface area contributed by atoms with E-state index in [9.17, 15) is 10.1 Å². The van der Waals surface area contributed by atoms with Crippen molar-refractivity contribution in [3.63, 3.8) is 0 Å². The molecule has 1 atom stereocenters. The highest BCUT2D eigenvalue weighted by Crippen LogP contribution is 2.21. The van der Waals surface area contributed by atoms with E-state index in [0.29, 0.717) is 23.8 Å². The zero-order valence-corrected chi connectivity index (χ0v) is 13.6. The lowest BCUT2D eigenvalue weighted by Crippen LogP contribution is -2.33. The summed E-state index contributed by atoms with van der Waals surface area (Å²) in [6.07, 6.45) is 3.67. The number of nitro benzene ring substituents is 1. The Hall–Kier alpha value is -2.32. The van der Waals surface area contributed by atoms with Gasteiger partial charge in [-0.25, -0.2) is 0 Å². The summed E-state index contributed by atoms with van der Waals surface area (Å²) in [5.41, 5.74) is 0.572. The van der Waals surface area contributed by atoms with Crippen LogP contribution in [0.4, 0.5) is 5.69 Å². The Morgan fingerprint density at radius 2 is 2.29 bits per heavy atom. The average Bonchev–Trinajstić information content (AvgIpc) is 3.04. The molecule has 3 rings (SSSR count). The molecule has 2 aromatic rings. The third kappa shape index (κ3) is 4.15. The largest absolute Gasteiger partial charge is 0.377 e. The van der Waals surface area contributed by atoms with Gasteiger partial charge >= 0.3 is 0 Å². The van der Waals surface area contributed by atoms with E-state index < -0.39 is 4.92 Å². The topological polar surface area (TPSA) is 94.5 Å². The van der Waals surface area contributed by atoms with Gasteiger partial charge in [-0.3, -0.25) is 15.0 Å². The standard InChI is InChI=1S/C16H20N4O4/c1-19(10-14-7-2-3-8-23-14)11-15-17-16(18-24-15)12-5-4-6-13(9-12)20(21)22/h4-6,9,14H,2-3,7-8,10-11H2,1H3. The van der Waals surface area contributed by atoms with Crippen LogP contribution in [0, 0.1) is 10.1 Å². The number of aromatic nitrogens is 2. The predicted octanol–water partition coefficient (Wildman–Crippen LogP) is 2.65. The maximum atomic E-state index is 10.8. The minimum atomic E-state index is -0.442. The summed E-state index contributed by atoms with van der Waals surface area (Å²) in [4.78, 5) is 16.8. The Balaban J connectivity index is 1.62. The Bertz CT molecular complexity index is 697. The van der Waals surface area contributed by atoms with Gasteiger partial charge in [0.05, 0.1) is 17.6 Å². The van der Waals surface area contributed by atoms with Crippen LogP contribution in [-0.2, 0) is 11.3 Å². The van der Waals surface area contributed by atoms with Gasteiger partial charge in [-0.15, -0.1) is 0 Å². The maximum Gasteiger partial charge on any atom is 0.270 e. The molecule has 2 heterocycles. The van der Waals surface area contributed by atoms with Crippen molar-refractivity contribution in [3.05, 3.63) is 40.3 Å². The van der Waals surface area contributed by atoms with Crippen LogP contribution >= 0.6 is 0 Å². The second-order valence-corrected chi connectivity index (χ2v) is 6.00. The normalized spacial score (nSPS) is 18.0. The fraction of sp³-hybridized carbons (Fsp3) is 0.500. The Kier molecular flexibility index (Phi) is 5.17. The molecule has 1 unspecified atom stereocenters. The Morgan fingerprint density at radius 1 is 1.42 bits per heavy atom. The van der Waals surface area contributed by atoms with E-state index >= 15 is 0 Å². The highest BCUT2D eigenvalue weighted by molar-refractivity contribution is 5.58. The number of benzene rings is 1. The molecule has 0 spiro atoms. The zero-order valence-electron chi connectivity index (χ0n) is 13.6. The summed E-state index contributed by atoms with van der Waals surface area (Å²) in [5.74, 6) is 0.839. The second-order valence-electron chi connectivity index (χ2n) is 6.00. The van der Waals surface area contributed by atoms with E-state index in [-0.39, 0.29) is 11.8 Å². The molecule has 1 aliphatic rings. The van der Waals surface area contributed by atoms with E-state index in [4.69, 9.17) is 9.26 Å². The lowest BCUT2D eigenvalue weighted by molar-refractivity contribution is -0.384. The third-order valence-corrected chi connectivity index (χ3v) is 3.98. The number of rotatable bonds is 6. The average molecular weight is 332 g/mol. The SMILES string of the molecule is CN(Cc1nc(-c2cccc([N+](=O)[O-])c2)no1)CC1CCCCO1. The lowest BCUT2D eigenvalue weighted by Gasteiger charge is -2.26. The zero-order chi connectivity index (χ0) is 16.9. The molecular weight excluding hydrogens is 312 g/mol. The molecule has 128 valence electrons. The molecule has 0 aliphatic carbocycles. The molecule has 8 nitrogen and oxygen atoms in total. The van der Waals surface area contributed by atoms with Crippen molar-refractivity contribution in [2.45, 2.75) is 31.9 Å². The predicted molar refractivity (Wildman–Crippen MR) is 86.3 cm³/mol. The molecule has 0 amide bonds. The van der Waals surface area contributed by atoms with Crippen LogP contribution in [0.3, 0.4) is 0 Å². The number of nitro groups is 1. The van der Waals surface area contributed by atoms with Crippen LogP contribution < -0.4 is 0 Å². The van der Waals surface area contributed by atoms with Crippen LogP contribution in [0.5, 0.6) is 0 Å². The van der Waals surface area contributed by atoms with Gasteiger partial charge in [-0.1, -0.05) is 17.3 Å². The van der Waals surface area contributed by atoms with Crippen LogP contribution in [0.1, 0.15) is 25.2 Å². The molecule has 1 fully saturated rings. The minimum Gasteiger partial charge on any atom is -0.377 e. The fourth-order valence-electron chi connectivity index (χ4n) is 2.79. The van der Waals surface area contributed by atoms with E-state index in [1.165, 1.54) is 18.6 Å². The summed E-state index contributed by atoms with van der Waals surface area (Å²) in [5, 5.41) is 14.8. The Morgan fingerprint density at radius 3 is 3.04 bits per heavy atom. The van der Waals surface area contributed by atoms with Crippen LogP contribution in [-0.4, -0.2) is 46.3 Å². The van der Waals surface area contributed by atoms with Gasteiger partial charge in [-0.2, -0.15) is 4.98 Å². The highest BCUT2D eigenvalue weighted by atomic mass is 16.6. The summed E-state index contributed by atoms with van der Waals surface area (Å²) >= 11 is 0. The molecule has 1 saturated heterocycles. The van der Waals surface area contributed by atoms with Gasteiger partial charge in [0.1, 0.15) is 0 Å². The molecule has 0 bridgehead atoms. The molecule has 8 heteroatoms. The van der Waals surface area contributed by atoms with Gasteiger partial charge in [0.15, 0.2) is 0 Å². The molecule has 0 saturated carbocycles. The van der Waals surface area contributed by atoms with Crippen molar-refractivity contribution in [2.75, 3.05) is 20.2 Å². The van der Waals surface area contributed by atoms with Gasteiger partial charge in [-0.05, 0) is 26.3 Å². The first-order chi connectivity index (χ1) is 11.6. The summed E-state index contributed by atoms with van der Waals surface area (Å²) in [6, 6.07) is 6.20. The molecule has 0 radical (unpaired) electrons. The number of hydrogen-bond donors (Lipinski definition) is 0. The van der Waals surface area contributed by atoms with E-state index in [2.05, 4.69) is 15.0 Å². The summed E-state index contributed by atoms with van der Waals surface area (Å²) < 4.78 is 11.0. The van der Waals surface area contributed by atoms with Crippen LogP contribution in [0.25, 0.3) is 11.4 Å². The van der Waals surface area contributed by atoms with E-state index in [1.54, 1.807) is 12.1 Å². The number of likely N-dealkylation sites (N-methyl/N-ethyl adjacent to an activating group) is 1. The number of ether oxygens (including phenoxy) is 1. The van der Waals surface area contributed by atoms with Crippen molar-refractivity contribution < 1.29 is 14.2 Å². The van der Waals surface area contributed by atoms with Crippen LogP contribution in [0.2, 0.25) is 0 Å². The first-order valence-electron chi connectivity index (χ1n) is 7.99. The molecule has 1 aliphatic heterocycles. The van der Waals surface area contributed by atoms with E-state index in [0.717, 1.165) is 26.0 Å². The quantitative estimate of drug-likeness (QED) is 0.593. The summed E-state index contributed by atoms with van der Waals surface area (Å²) in [7, 11) is 1.98. The van der Waals surface area contributed by atoms with Crippen molar-refractivity contribution in [1.82, 2.24) is 15.0 Å². The highest BCUT2D eigenvalue weighted by Gasteiger charge is 2.18. The van der Waals surface area contributed by atoms with Crippen molar-refractivity contribution in [2.24, 2.45) is 0 Å². The Labute approximate surface area is 139 Å². The smallest absolute Gasteiger partial charge is 0.270 e. The summed E-state index contributed by atoms with van der Waals surface area (Å²) in [6.45, 7) is 2.16. The monoisotopic (exact) mass is 332 g/mol. The molecule has 1 aromatic carbocycles. The number of hydrogen-bond acceptors (Lipinski definition) is 7. The first kappa shape index (κ1) is 16.5. The number of nitrogens with zero attached hydrogens (tertiary/aromatic N) is 4. The molecule has 24 heavy (non-hydrogen) atoms. The van der Waals surface area contributed by atoms with Gasteiger partial charge < -0.3 is 9.26 Å². The van der Waals surface area contributed by atoms with Crippen molar-refractivity contribution >= 4 is 5.69 Å². The van der Waals surface area contributed by atoms with Gasteiger partial charge in [0.2, 0.25) is 11.7 Å². The van der Waals surface area contributed by atoms with Crippen molar-refractivity contribution in [3.8, 4) is 11.4 Å². The van der Waals surface area contributed by atoms with Crippen molar-refractivity contribution in [1.29, 1.82) is 0 Å². The van der Waals surface area contributed by atoms with Gasteiger partial charge in [0.25, 0.3) is 5.69 Å². The van der Waals surface area contributed by atoms with E-state index in [1.807, 2.05) is 7.05 Å². The second kappa shape index (κ2) is 7.50. The maximum absolute atomic E-state index is 10.8.